The van der Waals surface area contributed by atoms with Crippen LogP contribution in [0.2, 0.25) is 0 Å². The van der Waals surface area contributed by atoms with Crippen LogP contribution in [0.1, 0.15) is 63.0 Å². The van der Waals surface area contributed by atoms with E-state index in [9.17, 15) is 15.0 Å². The van der Waals surface area contributed by atoms with Crippen LogP contribution in [0.3, 0.4) is 0 Å². The molecule has 5 N–H and O–H groups in total. The zero-order chi connectivity index (χ0) is 26.5. The Labute approximate surface area is 215 Å². The van der Waals surface area contributed by atoms with Crippen molar-refractivity contribution < 1.29 is 35.1 Å². The highest BCUT2D eigenvalue weighted by molar-refractivity contribution is 5.68. The number of hydrogen-bond donors (Lipinski definition) is 5. The summed E-state index contributed by atoms with van der Waals surface area (Å²) in [5.74, 6) is 0.768. The van der Waals surface area contributed by atoms with Crippen LogP contribution in [0.25, 0.3) is 0 Å². The Balaban J connectivity index is 0.000000493. The van der Waals surface area contributed by atoms with E-state index in [1.807, 2.05) is 24.1 Å². The lowest BCUT2D eigenvalue weighted by Crippen LogP contribution is -2.28. The van der Waals surface area contributed by atoms with Gasteiger partial charge in [-0.15, -0.1) is 0 Å². The molecule has 0 spiro atoms. The van der Waals surface area contributed by atoms with Crippen molar-refractivity contribution in [1.82, 2.24) is 4.90 Å². The number of rotatable bonds is 14. The SMILES string of the molecule is CCCCCC(O)CC[C@@H]1[C@H]2Cc3cccc(OCC(=O)O)c3C[C@H]2C[C@H]1O.CN(CCO)CCO. The van der Waals surface area contributed by atoms with E-state index in [1.54, 1.807) is 0 Å². The van der Waals surface area contributed by atoms with E-state index in [0.717, 1.165) is 63.4 Å². The van der Waals surface area contributed by atoms with E-state index < -0.39 is 5.97 Å². The average molecular weight is 510 g/mol. The van der Waals surface area contributed by atoms with Crippen molar-refractivity contribution in [1.29, 1.82) is 0 Å². The number of aliphatic hydroxyl groups excluding tert-OH is 4. The van der Waals surface area contributed by atoms with Crippen LogP contribution in [-0.2, 0) is 17.6 Å². The van der Waals surface area contributed by atoms with Crippen LogP contribution in [-0.4, -0.2) is 88.6 Å². The summed E-state index contributed by atoms with van der Waals surface area (Å²) in [5.41, 5.74) is 2.32. The van der Waals surface area contributed by atoms with Crippen molar-refractivity contribution in [2.24, 2.45) is 17.8 Å². The maximum absolute atomic E-state index is 10.8. The van der Waals surface area contributed by atoms with Gasteiger partial charge in [-0.2, -0.15) is 0 Å². The molecular formula is C28H47NO7. The monoisotopic (exact) mass is 509 g/mol. The minimum Gasteiger partial charge on any atom is -0.482 e. The van der Waals surface area contributed by atoms with Gasteiger partial charge in [0.25, 0.3) is 0 Å². The Morgan fingerprint density at radius 1 is 1.14 bits per heavy atom. The van der Waals surface area contributed by atoms with Crippen molar-refractivity contribution in [3.63, 3.8) is 0 Å². The molecule has 0 aromatic heterocycles. The summed E-state index contributed by atoms with van der Waals surface area (Å²) < 4.78 is 5.50. The summed E-state index contributed by atoms with van der Waals surface area (Å²) >= 11 is 0. The second-order valence-electron chi connectivity index (χ2n) is 10.4. The van der Waals surface area contributed by atoms with E-state index in [4.69, 9.17) is 20.1 Å². The largest absolute Gasteiger partial charge is 0.482 e. The zero-order valence-corrected chi connectivity index (χ0v) is 22.0. The van der Waals surface area contributed by atoms with Crippen molar-refractivity contribution in [2.75, 3.05) is 40.0 Å². The molecule has 0 saturated heterocycles. The zero-order valence-electron chi connectivity index (χ0n) is 22.0. The van der Waals surface area contributed by atoms with E-state index in [2.05, 4.69) is 13.0 Å². The van der Waals surface area contributed by atoms with E-state index >= 15 is 0 Å². The number of nitrogens with zero attached hydrogens (tertiary/aromatic N) is 1. The molecule has 1 unspecified atom stereocenters. The van der Waals surface area contributed by atoms with Crippen LogP contribution in [0.4, 0.5) is 0 Å². The van der Waals surface area contributed by atoms with Crippen molar-refractivity contribution in [3.8, 4) is 5.75 Å². The number of aliphatic hydroxyl groups is 4. The van der Waals surface area contributed by atoms with Crippen LogP contribution < -0.4 is 4.74 Å². The minimum absolute atomic E-state index is 0.163. The lowest BCUT2D eigenvalue weighted by atomic mass is 9.73. The Morgan fingerprint density at radius 3 is 2.50 bits per heavy atom. The lowest BCUT2D eigenvalue weighted by molar-refractivity contribution is -0.139. The molecule has 2 aliphatic carbocycles. The molecule has 1 aromatic rings. The van der Waals surface area contributed by atoms with Crippen LogP contribution in [0.15, 0.2) is 18.2 Å². The first-order chi connectivity index (χ1) is 17.3. The molecule has 5 atom stereocenters. The summed E-state index contributed by atoms with van der Waals surface area (Å²) in [6.45, 7) is 3.44. The number of aliphatic carboxylic acids is 1. The van der Waals surface area contributed by atoms with Crippen molar-refractivity contribution in [3.05, 3.63) is 29.3 Å². The first-order valence-electron chi connectivity index (χ1n) is 13.5. The molecule has 8 nitrogen and oxygen atoms in total. The Kier molecular flexibility index (Phi) is 13.7. The Hall–Kier alpha value is -1.71. The van der Waals surface area contributed by atoms with Gasteiger partial charge >= 0.3 is 5.97 Å². The third kappa shape index (κ3) is 9.63. The van der Waals surface area contributed by atoms with Gasteiger partial charge in [-0.25, -0.2) is 4.79 Å². The maximum atomic E-state index is 10.8. The van der Waals surface area contributed by atoms with Gasteiger partial charge in [0, 0.05) is 13.1 Å². The van der Waals surface area contributed by atoms with Gasteiger partial charge in [0.1, 0.15) is 5.75 Å². The summed E-state index contributed by atoms with van der Waals surface area (Å²) in [7, 11) is 1.85. The molecule has 8 heteroatoms. The van der Waals surface area contributed by atoms with Crippen LogP contribution in [0.5, 0.6) is 5.75 Å². The quantitative estimate of drug-likeness (QED) is 0.242. The molecule has 0 heterocycles. The number of carboxylic acid groups (broad SMARTS) is 1. The fraction of sp³-hybridized carbons (Fsp3) is 0.750. The fourth-order valence-corrected chi connectivity index (χ4v) is 5.69. The second kappa shape index (κ2) is 16.2. The minimum atomic E-state index is -0.972. The number of likely N-dealkylation sites (N-methyl/N-ethyl adjacent to an activating group) is 1. The third-order valence-electron chi connectivity index (χ3n) is 7.63. The van der Waals surface area contributed by atoms with Crippen molar-refractivity contribution >= 4 is 5.97 Å². The number of hydrogen-bond acceptors (Lipinski definition) is 7. The van der Waals surface area contributed by atoms with Gasteiger partial charge < -0.3 is 35.2 Å². The highest BCUT2D eigenvalue weighted by Gasteiger charge is 2.44. The van der Waals surface area contributed by atoms with Gasteiger partial charge in [-0.1, -0.05) is 38.3 Å². The maximum Gasteiger partial charge on any atom is 0.341 e. The average Bonchev–Trinajstić information content (AvgIpc) is 3.14. The smallest absolute Gasteiger partial charge is 0.341 e. The van der Waals surface area contributed by atoms with Gasteiger partial charge in [-0.3, -0.25) is 0 Å². The summed E-state index contributed by atoms with van der Waals surface area (Å²) in [5, 5.41) is 46.5. The lowest BCUT2D eigenvalue weighted by Gasteiger charge is -2.32. The first-order valence-corrected chi connectivity index (χ1v) is 13.5. The molecule has 3 rings (SSSR count). The molecule has 0 aliphatic heterocycles. The van der Waals surface area contributed by atoms with Crippen LogP contribution >= 0.6 is 0 Å². The Morgan fingerprint density at radius 2 is 1.86 bits per heavy atom. The summed E-state index contributed by atoms with van der Waals surface area (Å²) in [6.07, 6.45) is 7.85. The standard InChI is InChI=1S/C23H34O5.C5H13NO2/c1-2-3-4-7-17(24)9-10-18-19-11-15-6-5-8-22(28-14-23(26)27)20(15)12-16(19)13-21(18)25;1-6(2-4-7)3-5-8/h5-6,8,16-19,21,24-25H,2-4,7,9-14H2,1H3,(H,26,27);7-8H,2-5H2,1H3/t16-,17?,18+,19-,21+;/m0./s1. The molecule has 1 saturated carbocycles. The number of ether oxygens (including phenoxy) is 1. The number of carbonyl (C=O) groups is 1. The van der Waals surface area contributed by atoms with Crippen LogP contribution in [0, 0.1) is 17.8 Å². The number of fused-ring (bicyclic) bond motifs is 2. The summed E-state index contributed by atoms with van der Waals surface area (Å²) in [4.78, 5) is 12.7. The number of unbranched alkanes of at least 4 members (excludes halogenated alkanes) is 2. The van der Waals surface area contributed by atoms with E-state index in [0.29, 0.717) is 30.7 Å². The third-order valence-corrected chi connectivity index (χ3v) is 7.63. The second-order valence-corrected chi connectivity index (χ2v) is 10.4. The molecule has 0 amide bonds. The predicted octanol–water partition coefficient (Wildman–Crippen LogP) is 2.49. The highest BCUT2D eigenvalue weighted by Crippen LogP contribution is 2.48. The molecule has 206 valence electrons. The van der Waals surface area contributed by atoms with Gasteiger partial charge in [0.2, 0.25) is 0 Å². The van der Waals surface area contributed by atoms with Crippen molar-refractivity contribution in [2.45, 2.75) is 76.9 Å². The molecule has 1 aromatic carbocycles. The first kappa shape index (κ1) is 30.5. The molecule has 36 heavy (non-hydrogen) atoms. The van der Waals surface area contributed by atoms with E-state index in [-0.39, 0.29) is 37.9 Å². The molecule has 1 fully saturated rings. The Bertz CT molecular complexity index is 768. The molecular weight excluding hydrogens is 462 g/mol. The van der Waals surface area contributed by atoms with E-state index in [1.165, 1.54) is 5.56 Å². The number of benzene rings is 1. The topological polar surface area (TPSA) is 131 Å². The summed E-state index contributed by atoms with van der Waals surface area (Å²) in [6, 6.07) is 5.87. The highest BCUT2D eigenvalue weighted by atomic mass is 16.5. The molecule has 0 radical (unpaired) electrons. The number of carboxylic acids is 1. The van der Waals surface area contributed by atoms with Gasteiger partial charge in [-0.05, 0) is 80.5 Å². The molecule has 0 bridgehead atoms. The normalized spacial score (nSPS) is 23.4. The van der Waals surface area contributed by atoms with Gasteiger partial charge in [0.05, 0.1) is 25.4 Å². The molecule has 2 aliphatic rings. The predicted molar refractivity (Wildman–Crippen MR) is 139 cm³/mol. The van der Waals surface area contributed by atoms with Gasteiger partial charge in [0.15, 0.2) is 6.61 Å². The fourth-order valence-electron chi connectivity index (χ4n) is 5.69.